The van der Waals surface area contributed by atoms with Crippen molar-refractivity contribution in [2.45, 2.75) is 13.3 Å². The van der Waals surface area contributed by atoms with Gasteiger partial charge in [0.05, 0.1) is 18.4 Å². The zero-order valence-electron chi connectivity index (χ0n) is 13.0. The lowest BCUT2D eigenvalue weighted by Crippen LogP contribution is -2.24. The number of aryl methyl sites for hydroxylation is 1. The van der Waals surface area contributed by atoms with Gasteiger partial charge in [-0.2, -0.15) is 0 Å². The maximum Gasteiger partial charge on any atom is 0.256 e. The molecule has 120 valence electrons. The van der Waals surface area contributed by atoms with E-state index < -0.39 is 0 Å². The van der Waals surface area contributed by atoms with Crippen LogP contribution in [0.15, 0.2) is 29.3 Å². The van der Waals surface area contributed by atoms with Gasteiger partial charge in [-0.05, 0) is 19.1 Å². The number of nitrogens with zero attached hydrogens (tertiary/aromatic N) is 2. The Morgan fingerprint density at radius 2 is 2.04 bits per heavy atom. The fourth-order valence-electron chi connectivity index (χ4n) is 2.35. The quantitative estimate of drug-likeness (QED) is 0.915. The van der Waals surface area contributed by atoms with Crippen molar-refractivity contribution in [2.75, 3.05) is 18.5 Å². The molecule has 0 saturated heterocycles. The van der Waals surface area contributed by atoms with E-state index in [9.17, 15) is 9.59 Å². The molecule has 1 aliphatic rings. The predicted octanol–water partition coefficient (Wildman–Crippen LogP) is 1.04. The number of amides is 1. The molecule has 2 heterocycles. The highest BCUT2D eigenvalue weighted by molar-refractivity contribution is 5.92. The van der Waals surface area contributed by atoms with Crippen LogP contribution in [0.2, 0.25) is 0 Å². The highest BCUT2D eigenvalue weighted by atomic mass is 16.6. The van der Waals surface area contributed by atoms with Gasteiger partial charge < -0.3 is 19.4 Å². The minimum Gasteiger partial charge on any atom is -0.486 e. The Kier molecular flexibility index (Phi) is 4.01. The number of ether oxygens (including phenoxy) is 2. The number of nitrogens with one attached hydrogen (secondary N) is 1. The molecule has 7 heteroatoms. The van der Waals surface area contributed by atoms with Crippen LogP contribution < -0.4 is 20.3 Å². The fraction of sp³-hybridized carbons (Fsp3) is 0.312. The van der Waals surface area contributed by atoms with E-state index >= 15 is 0 Å². The van der Waals surface area contributed by atoms with Crippen LogP contribution in [-0.2, 0) is 18.3 Å². The van der Waals surface area contributed by atoms with Gasteiger partial charge in [0.15, 0.2) is 11.5 Å². The van der Waals surface area contributed by atoms with Gasteiger partial charge in [0.1, 0.15) is 13.2 Å². The molecule has 0 unspecified atom stereocenters. The Labute approximate surface area is 132 Å². The van der Waals surface area contributed by atoms with Crippen LogP contribution in [-0.4, -0.2) is 28.7 Å². The Bertz CT molecular complexity index is 813. The lowest BCUT2D eigenvalue weighted by Gasteiger charge is -2.19. The Morgan fingerprint density at radius 3 is 2.83 bits per heavy atom. The zero-order valence-corrected chi connectivity index (χ0v) is 13.0. The summed E-state index contributed by atoms with van der Waals surface area (Å²) in [5, 5.41) is 2.78. The molecule has 7 nitrogen and oxygen atoms in total. The van der Waals surface area contributed by atoms with Gasteiger partial charge in [0.25, 0.3) is 5.56 Å². The molecule has 3 rings (SSSR count). The first kappa shape index (κ1) is 15.1. The SMILES string of the molecule is Cc1c(CC(=O)Nc2ccc3c(c2)OCCO3)ncn(C)c1=O. The summed E-state index contributed by atoms with van der Waals surface area (Å²) in [7, 11) is 1.63. The zero-order chi connectivity index (χ0) is 16.4. The maximum atomic E-state index is 12.2. The van der Waals surface area contributed by atoms with Crippen molar-refractivity contribution in [2.24, 2.45) is 7.05 Å². The molecule has 0 fully saturated rings. The minimum absolute atomic E-state index is 0.0381. The van der Waals surface area contributed by atoms with Crippen LogP contribution >= 0.6 is 0 Å². The Morgan fingerprint density at radius 1 is 1.30 bits per heavy atom. The van der Waals surface area contributed by atoms with Gasteiger partial charge in [-0.15, -0.1) is 0 Å². The molecule has 1 N–H and O–H groups in total. The number of carbonyl (C=O) groups excluding carboxylic acids is 1. The first-order valence-electron chi connectivity index (χ1n) is 7.25. The number of carbonyl (C=O) groups is 1. The van der Waals surface area contributed by atoms with E-state index in [4.69, 9.17) is 9.47 Å². The number of aromatic nitrogens is 2. The summed E-state index contributed by atoms with van der Waals surface area (Å²) < 4.78 is 12.3. The van der Waals surface area contributed by atoms with E-state index in [1.54, 1.807) is 32.2 Å². The molecule has 1 aromatic heterocycles. The summed E-state index contributed by atoms with van der Waals surface area (Å²) in [4.78, 5) is 28.2. The first-order chi connectivity index (χ1) is 11.0. The topological polar surface area (TPSA) is 82.4 Å². The van der Waals surface area contributed by atoms with Crippen molar-refractivity contribution in [3.63, 3.8) is 0 Å². The number of anilines is 1. The van der Waals surface area contributed by atoms with Gasteiger partial charge in [-0.3, -0.25) is 9.59 Å². The second kappa shape index (κ2) is 6.12. The van der Waals surface area contributed by atoms with Crippen LogP contribution in [0.25, 0.3) is 0 Å². The number of hydrogen-bond acceptors (Lipinski definition) is 5. The second-order valence-electron chi connectivity index (χ2n) is 5.32. The monoisotopic (exact) mass is 315 g/mol. The number of fused-ring (bicyclic) bond motifs is 1. The molecule has 0 spiro atoms. The third-order valence-electron chi connectivity index (χ3n) is 3.61. The van der Waals surface area contributed by atoms with Crippen molar-refractivity contribution in [1.82, 2.24) is 9.55 Å². The fourth-order valence-corrected chi connectivity index (χ4v) is 2.35. The van der Waals surface area contributed by atoms with Gasteiger partial charge in [-0.25, -0.2) is 4.98 Å². The van der Waals surface area contributed by atoms with Crippen LogP contribution in [0.4, 0.5) is 5.69 Å². The Hall–Kier alpha value is -2.83. The van der Waals surface area contributed by atoms with Crippen LogP contribution in [0.1, 0.15) is 11.3 Å². The lowest BCUT2D eigenvalue weighted by molar-refractivity contribution is -0.115. The molecule has 0 bridgehead atoms. The first-order valence-corrected chi connectivity index (χ1v) is 7.25. The molecule has 23 heavy (non-hydrogen) atoms. The molecule has 1 amide bonds. The summed E-state index contributed by atoms with van der Waals surface area (Å²) in [6.07, 6.45) is 1.46. The molecule has 1 aliphatic heterocycles. The standard InChI is InChI=1S/C16H17N3O4/c1-10-12(17-9-19(2)16(10)21)8-15(20)18-11-3-4-13-14(7-11)23-6-5-22-13/h3-4,7,9H,5-6,8H2,1-2H3,(H,18,20). The summed E-state index contributed by atoms with van der Waals surface area (Å²) in [6.45, 7) is 2.68. The highest BCUT2D eigenvalue weighted by Gasteiger charge is 2.14. The van der Waals surface area contributed by atoms with E-state index in [-0.39, 0.29) is 17.9 Å². The number of hydrogen-bond donors (Lipinski definition) is 1. The molecule has 0 aliphatic carbocycles. The molecule has 0 saturated carbocycles. The molecule has 0 atom stereocenters. The van der Waals surface area contributed by atoms with Crippen LogP contribution in [0.3, 0.4) is 0 Å². The average molecular weight is 315 g/mol. The van der Waals surface area contributed by atoms with Gasteiger partial charge in [0, 0.05) is 24.4 Å². The van der Waals surface area contributed by atoms with Crippen LogP contribution in [0.5, 0.6) is 11.5 Å². The van der Waals surface area contributed by atoms with E-state index in [0.717, 1.165) is 0 Å². The second-order valence-corrected chi connectivity index (χ2v) is 5.32. The lowest BCUT2D eigenvalue weighted by atomic mass is 10.2. The van der Waals surface area contributed by atoms with E-state index in [0.29, 0.717) is 41.7 Å². The summed E-state index contributed by atoms with van der Waals surface area (Å²) in [5.74, 6) is 1.03. The van der Waals surface area contributed by atoms with Gasteiger partial charge >= 0.3 is 0 Å². The minimum atomic E-state index is -0.245. The summed E-state index contributed by atoms with van der Waals surface area (Å²) in [5.41, 5.74) is 1.42. The normalized spacial score (nSPS) is 12.8. The van der Waals surface area contributed by atoms with Crippen molar-refractivity contribution in [1.29, 1.82) is 0 Å². The van der Waals surface area contributed by atoms with Gasteiger partial charge in [0.2, 0.25) is 5.91 Å². The third-order valence-corrected chi connectivity index (χ3v) is 3.61. The Balaban J connectivity index is 1.73. The van der Waals surface area contributed by atoms with Crippen molar-refractivity contribution in [3.05, 3.63) is 46.1 Å². The number of rotatable bonds is 3. The van der Waals surface area contributed by atoms with E-state index in [1.165, 1.54) is 10.9 Å². The molecular weight excluding hydrogens is 298 g/mol. The van der Waals surface area contributed by atoms with E-state index in [2.05, 4.69) is 10.3 Å². The van der Waals surface area contributed by atoms with Crippen molar-refractivity contribution >= 4 is 11.6 Å². The average Bonchev–Trinajstić information content (AvgIpc) is 2.55. The van der Waals surface area contributed by atoms with Crippen LogP contribution in [0, 0.1) is 6.92 Å². The molecule has 2 aromatic rings. The predicted molar refractivity (Wildman–Crippen MR) is 84.0 cm³/mol. The largest absolute Gasteiger partial charge is 0.486 e. The highest BCUT2D eigenvalue weighted by Crippen LogP contribution is 2.32. The van der Waals surface area contributed by atoms with Gasteiger partial charge in [-0.1, -0.05) is 0 Å². The maximum absolute atomic E-state index is 12.2. The smallest absolute Gasteiger partial charge is 0.256 e. The van der Waals surface area contributed by atoms with Crippen molar-refractivity contribution in [3.8, 4) is 11.5 Å². The number of benzene rings is 1. The summed E-state index contributed by atoms with van der Waals surface area (Å²) >= 11 is 0. The molecule has 1 aromatic carbocycles. The molecule has 0 radical (unpaired) electrons. The summed E-state index contributed by atoms with van der Waals surface area (Å²) in [6, 6.07) is 5.22. The third kappa shape index (κ3) is 3.18. The molecular formula is C16H17N3O4. The van der Waals surface area contributed by atoms with E-state index in [1.807, 2.05) is 0 Å². The van der Waals surface area contributed by atoms with Crippen molar-refractivity contribution < 1.29 is 14.3 Å².